The molecule has 4 rings (SSSR count). The van der Waals surface area contributed by atoms with Crippen LogP contribution in [-0.4, -0.2) is 37.1 Å². The molecule has 0 spiro atoms. The molecule has 2 heteroatoms. The molecule has 1 N–H and O–H groups in total. The largest absolute Gasteiger partial charge is 0.315 e. The fraction of sp³-hybridized carbons (Fsp3) is 1.00. The van der Waals surface area contributed by atoms with Gasteiger partial charge in [0.25, 0.3) is 0 Å². The van der Waals surface area contributed by atoms with Gasteiger partial charge >= 0.3 is 0 Å². The van der Waals surface area contributed by atoms with Crippen LogP contribution in [0.1, 0.15) is 32.1 Å². The van der Waals surface area contributed by atoms with Crippen molar-refractivity contribution in [2.24, 2.45) is 11.8 Å². The summed E-state index contributed by atoms with van der Waals surface area (Å²) in [4.78, 5) is 2.71. The third-order valence-corrected chi connectivity index (χ3v) is 4.28. The van der Waals surface area contributed by atoms with Crippen LogP contribution >= 0.6 is 0 Å². The van der Waals surface area contributed by atoms with Crippen LogP contribution in [0.5, 0.6) is 0 Å². The SMILES string of the molecule is C1CC1CNCC1CC2CCN1CC2. The smallest absolute Gasteiger partial charge is 0.0223 e. The molecule has 4 aliphatic rings. The molecule has 0 aromatic carbocycles. The van der Waals surface area contributed by atoms with E-state index in [4.69, 9.17) is 0 Å². The van der Waals surface area contributed by atoms with Crippen molar-refractivity contribution in [1.82, 2.24) is 10.2 Å². The summed E-state index contributed by atoms with van der Waals surface area (Å²) in [5.74, 6) is 2.10. The van der Waals surface area contributed by atoms with Gasteiger partial charge < -0.3 is 5.32 Å². The van der Waals surface area contributed by atoms with Crippen LogP contribution in [0.2, 0.25) is 0 Å². The molecular formula is C12H22N2. The van der Waals surface area contributed by atoms with E-state index < -0.39 is 0 Å². The topological polar surface area (TPSA) is 15.3 Å². The van der Waals surface area contributed by atoms with Crippen LogP contribution in [0, 0.1) is 11.8 Å². The predicted octanol–water partition coefficient (Wildman–Crippen LogP) is 1.47. The maximum absolute atomic E-state index is 3.66. The van der Waals surface area contributed by atoms with Crippen LogP contribution in [0.25, 0.3) is 0 Å². The zero-order valence-corrected chi connectivity index (χ0v) is 9.04. The van der Waals surface area contributed by atoms with Crippen LogP contribution in [0.15, 0.2) is 0 Å². The number of rotatable bonds is 4. The number of hydrogen-bond donors (Lipinski definition) is 1. The van der Waals surface area contributed by atoms with E-state index in [0.717, 1.165) is 17.9 Å². The van der Waals surface area contributed by atoms with Crippen molar-refractivity contribution in [3.05, 3.63) is 0 Å². The van der Waals surface area contributed by atoms with E-state index in [0.29, 0.717) is 0 Å². The monoisotopic (exact) mass is 194 g/mol. The van der Waals surface area contributed by atoms with E-state index in [1.54, 1.807) is 0 Å². The van der Waals surface area contributed by atoms with E-state index in [1.807, 2.05) is 0 Å². The first-order valence-electron chi connectivity index (χ1n) is 6.36. The Labute approximate surface area is 87.0 Å². The van der Waals surface area contributed by atoms with Crippen molar-refractivity contribution >= 4 is 0 Å². The second kappa shape index (κ2) is 3.82. The number of piperidine rings is 3. The van der Waals surface area contributed by atoms with Crippen LogP contribution in [0.4, 0.5) is 0 Å². The Hall–Kier alpha value is -0.0800. The number of nitrogens with one attached hydrogen (secondary N) is 1. The number of nitrogens with zero attached hydrogens (tertiary/aromatic N) is 1. The number of fused-ring (bicyclic) bond motifs is 3. The van der Waals surface area contributed by atoms with Gasteiger partial charge in [-0.2, -0.15) is 0 Å². The van der Waals surface area contributed by atoms with E-state index in [9.17, 15) is 0 Å². The molecule has 0 aromatic heterocycles. The standard InChI is InChI=1S/C12H22N2/c1-2-11(1)8-13-9-12-7-10-3-5-14(12)6-4-10/h10-13H,1-9H2. The third kappa shape index (κ3) is 1.96. The average molecular weight is 194 g/mol. The van der Waals surface area contributed by atoms with Crippen molar-refractivity contribution in [1.29, 1.82) is 0 Å². The molecule has 1 aliphatic carbocycles. The first-order valence-corrected chi connectivity index (χ1v) is 6.36. The molecule has 14 heavy (non-hydrogen) atoms. The summed E-state index contributed by atoms with van der Waals surface area (Å²) in [6.45, 7) is 5.29. The van der Waals surface area contributed by atoms with Gasteiger partial charge in [0.2, 0.25) is 0 Å². The molecule has 0 amide bonds. The summed E-state index contributed by atoms with van der Waals surface area (Å²) in [5, 5.41) is 3.66. The first-order chi connectivity index (χ1) is 6.92. The zero-order valence-electron chi connectivity index (χ0n) is 9.04. The van der Waals surface area contributed by atoms with Gasteiger partial charge in [0, 0.05) is 12.6 Å². The lowest BCUT2D eigenvalue weighted by atomic mass is 9.83. The maximum atomic E-state index is 3.66. The summed E-state index contributed by atoms with van der Waals surface area (Å²) in [6, 6.07) is 0.876. The van der Waals surface area contributed by atoms with E-state index in [1.165, 1.54) is 58.3 Å². The second-order valence-corrected chi connectivity index (χ2v) is 5.47. The van der Waals surface area contributed by atoms with Gasteiger partial charge in [0.15, 0.2) is 0 Å². The average Bonchev–Trinajstić information content (AvgIpc) is 3.04. The second-order valence-electron chi connectivity index (χ2n) is 5.47. The maximum Gasteiger partial charge on any atom is 0.0223 e. The summed E-state index contributed by atoms with van der Waals surface area (Å²) >= 11 is 0. The molecule has 2 nitrogen and oxygen atoms in total. The Balaban J connectivity index is 1.43. The van der Waals surface area contributed by atoms with Crippen molar-refractivity contribution in [2.75, 3.05) is 26.2 Å². The highest BCUT2D eigenvalue weighted by Gasteiger charge is 2.33. The molecule has 4 fully saturated rings. The fourth-order valence-electron chi connectivity index (χ4n) is 3.08. The quantitative estimate of drug-likeness (QED) is 0.729. The normalized spacial score (nSPS) is 41.6. The minimum Gasteiger partial charge on any atom is -0.315 e. The predicted molar refractivity (Wildman–Crippen MR) is 58.3 cm³/mol. The van der Waals surface area contributed by atoms with Gasteiger partial charge in [0.05, 0.1) is 0 Å². The highest BCUT2D eigenvalue weighted by molar-refractivity contribution is 4.89. The third-order valence-electron chi connectivity index (χ3n) is 4.28. The molecule has 1 saturated carbocycles. The Morgan fingerprint density at radius 2 is 1.79 bits per heavy atom. The lowest BCUT2D eigenvalue weighted by Gasteiger charge is -2.45. The molecule has 0 radical (unpaired) electrons. The Morgan fingerprint density at radius 1 is 1.00 bits per heavy atom. The van der Waals surface area contributed by atoms with E-state index >= 15 is 0 Å². The lowest BCUT2D eigenvalue weighted by molar-refractivity contribution is 0.0496. The molecule has 3 aliphatic heterocycles. The molecule has 0 aromatic rings. The molecule has 2 bridgehead atoms. The van der Waals surface area contributed by atoms with E-state index in [-0.39, 0.29) is 0 Å². The van der Waals surface area contributed by atoms with Crippen LogP contribution in [0.3, 0.4) is 0 Å². The van der Waals surface area contributed by atoms with Gasteiger partial charge in [-0.15, -0.1) is 0 Å². The molecule has 3 heterocycles. The van der Waals surface area contributed by atoms with Crippen molar-refractivity contribution in [2.45, 2.75) is 38.1 Å². The summed E-state index contributed by atoms with van der Waals surface area (Å²) in [6.07, 6.45) is 7.37. The van der Waals surface area contributed by atoms with Crippen molar-refractivity contribution < 1.29 is 0 Å². The molecule has 1 unspecified atom stereocenters. The lowest BCUT2D eigenvalue weighted by Crippen LogP contribution is -2.52. The summed E-state index contributed by atoms with van der Waals surface area (Å²) in [7, 11) is 0. The van der Waals surface area contributed by atoms with Crippen LogP contribution in [-0.2, 0) is 0 Å². The fourth-order valence-corrected chi connectivity index (χ4v) is 3.08. The van der Waals surface area contributed by atoms with Gasteiger partial charge in [-0.05, 0) is 63.6 Å². The highest BCUT2D eigenvalue weighted by atomic mass is 15.2. The summed E-state index contributed by atoms with van der Waals surface area (Å²) in [5.41, 5.74) is 0. The number of hydrogen-bond acceptors (Lipinski definition) is 2. The van der Waals surface area contributed by atoms with Crippen molar-refractivity contribution in [3.63, 3.8) is 0 Å². The zero-order chi connectivity index (χ0) is 9.38. The van der Waals surface area contributed by atoms with Gasteiger partial charge in [-0.25, -0.2) is 0 Å². The van der Waals surface area contributed by atoms with Gasteiger partial charge in [-0.1, -0.05) is 0 Å². The van der Waals surface area contributed by atoms with E-state index in [2.05, 4.69) is 10.2 Å². The Bertz CT molecular complexity index is 192. The Kier molecular flexibility index (Phi) is 2.50. The highest BCUT2D eigenvalue weighted by Crippen LogP contribution is 2.32. The summed E-state index contributed by atoms with van der Waals surface area (Å²) < 4.78 is 0. The van der Waals surface area contributed by atoms with Crippen LogP contribution < -0.4 is 5.32 Å². The molecule has 1 atom stereocenters. The minimum atomic E-state index is 0.876. The van der Waals surface area contributed by atoms with Gasteiger partial charge in [-0.3, -0.25) is 4.90 Å². The van der Waals surface area contributed by atoms with Gasteiger partial charge in [0.1, 0.15) is 0 Å². The Morgan fingerprint density at radius 3 is 2.36 bits per heavy atom. The van der Waals surface area contributed by atoms with Crippen molar-refractivity contribution in [3.8, 4) is 0 Å². The molecule has 3 saturated heterocycles. The first kappa shape index (κ1) is 9.17. The molecular weight excluding hydrogens is 172 g/mol. The minimum absolute atomic E-state index is 0.876. The molecule has 80 valence electrons.